The summed E-state index contributed by atoms with van der Waals surface area (Å²) in [7, 11) is -1.85. The molecule has 31 heavy (non-hydrogen) atoms. The summed E-state index contributed by atoms with van der Waals surface area (Å²) in [6.07, 6.45) is -4.60. The minimum atomic E-state index is -4.60. The first-order chi connectivity index (χ1) is 14.8. The normalized spacial score (nSPS) is 23.0. The fourth-order valence-corrected chi connectivity index (χ4v) is 6.24. The van der Waals surface area contributed by atoms with Crippen LogP contribution in [0.2, 0.25) is 5.02 Å². The molecule has 0 amide bonds. The summed E-state index contributed by atoms with van der Waals surface area (Å²) in [4.78, 5) is 2.15. The van der Waals surface area contributed by atoms with Gasteiger partial charge >= 0.3 is 6.18 Å². The molecule has 1 heterocycles. The number of hydrogen-bond donors (Lipinski definition) is 0. The monoisotopic (exact) mass is 463 g/mol. The largest absolute Gasteiger partial charge is 0.400 e. The molecular weight excluding hydrogens is 443 g/mol. The van der Waals surface area contributed by atoms with Crippen LogP contribution in [0.4, 0.5) is 13.2 Å². The molecule has 3 aromatic rings. The number of rotatable bonds is 5. The van der Waals surface area contributed by atoms with Gasteiger partial charge in [-0.25, -0.2) is 0 Å². The van der Waals surface area contributed by atoms with E-state index in [1.54, 1.807) is 35.2 Å². The van der Waals surface area contributed by atoms with Crippen molar-refractivity contribution in [2.75, 3.05) is 13.1 Å². The summed E-state index contributed by atoms with van der Waals surface area (Å²) in [5.74, 6) is 0. The van der Waals surface area contributed by atoms with Crippen molar-refractivity contribution in [3.8, 4) is 0 Å². The van der Waals surface area contributed by atoms with Crippen LogP contribution >= 0.6 is 11.6 Å². The third kappa shape index (κ3) is 4.29. The predicted molar refractivity (Wildman–Crippen MR) is 118 cm³/mol. The fraction of sp³-hybridized carbons (Fsp3) is 0.250. The van der Waals surface area contributed by atoms with E-state index in [0.717, 1.165) is 5.56 Å². The van der Waals surface area contributed by atoms with Crippen molar-refractivity contribution in [1.29, 1.82) is 0 Å². The van der Waals surface area contributed by atoms with Gasteiger partial charge in [-0.2, -0.15) is 13.2 Å². The van der Waals surface area contributed by atoms with E-state index >= 15 is 0 Å². The van der Waals surface area contributed by atoms with Gasteiger partial charge < -0.3 is 0 Å². The van der Waals surface area contributed by atoms with Crippen molar-refractivity contribution in [1.82, 2.24) is 4.90 Å². The summed E-state index contributed by atoms with van der Waals surface area (Å²) < 4.78 is 58.0. The smallest absolute Gasteiger partial charge is 0.297 e. The number of alkyl halides is 3. The first kappa shape index (κ1) is 22.1. The highest BCUT2D eigenvalue weighted by Crippen LogP contribution is 2.50. The van der Waals surface area contributed by atoms with Gasteiger partial charge in [0.15, 0.2) is 0 Å². The fourth-order valence-electron chi connectivity index (χ4n) is 4.30. The maximum atomic E-state index is 14.8. The number of halogens is 4. The molecule has 162 valence electrons. The molecule has 1 fully saturated rings. The molecule has 0 bridgehead atoms. The topological polar surface area (TPSA) is 20.3 Å². The van der Waals surface area contributed by atoms with Crippen molar-refractivity contribution in [3.63, 3.8) is 0 Å². The molecule has 0 aliphatic carbocycles. The van der Waals surface area contributed by atoms with E-state index in [1.165, 1.54) is 24.3 Å². The Labute approximate surface area is 187 Å². The Morgan fingerprint density at radius 1 is 0.935 bits per heavy atom. The van der Waals surface area contributed by atoms with E-state index in [-0.39, 0.29) is 18.7 Å². The highest BCUT2D eigenvalue weighted by Gasteiger charge is 2.66. The molecule has 2 nitrogen and oxygen atoms in total. The highest BCUT2D eigenvalue weighted by atomic mass is 35.5. The third-order valence-corrected chi connectivity index (χ3v) is 7.85. The number of hydrogen-bond acceptors (Lipinski definition) is 2. The number of benzene rings is 3. The van der Waals surface area contributed by atoms with Crippen LogP contribution in [-0.4, -0.2) is 33.6 Å². The SMILES string of the molecule is O=S(c1ccccc1)C1CN(Cc2ccccc2)CC1(c1ccc(Cl)cc1)C(F)(F)F. The van der Waals surface area contributed by atoms with Gasteiger partial charge in [-0.15, -0.1) is 0 Å². The van der Waals surface area contributed by atoms with E-state index in [1.807, 2.05) is 30.3 Å². The number of likely N-dealkylation sites (tertiary alicyclic amines) is 1. The van der Waals surface area contributed by atoms with Crippen LogP contribution in [0.15, 0.2) is 89.8 Å². The molecule has 0 N–H and O–H groups in total. The standard InChI is InChI=1S/C24H21ClF3NOS/c25-20-13-11-19(12-14-20)23(24(26,27)28)17-29(15-18-7-3-1-4-8-18)16-22(23)31(30)21-9-5-2-6-10-21/h1-14,22H,15-17H2. The average molecular weight is 464 g/mol. The maximum absolute atomic E-state index is 14.8. The van der Waals surface area contributed by atoms with Gasteiger partial charge in [0.1, 0.15) is 5.41 Å². The molecule has 3 atom stereocenters. The van der Waals surface area contributed by atoms with E-state index in [9.17, 15) is 17.4 Å². The van der Waals surface area contributed by atoms with Gasteiger partial charge in [-0.3, -0.25) is 9.11 Å². The number of nitrogens with zero attached hydrogens (tertiary/aromatic N) is 1. The molecule has 0 saturated carbocycles. The maximum Gasteiger partial charge on any atom is 0.400 e. The summed E-state index contributed by atoms with van der Waals surface area (Å²) in [5, 5.41) is -0.791. The summed E-state index contributed by atoms with van der Waals surface area (Å²) in [6, 6.07) is 23.5. The van der Waals surface area contributed by atoms with Crippen LogP contribution in [0.3, 0.4) is 0 Å². The molecule has 3 aromatic carbocycles. The first-order valence-electron chi connectivity index (χ1n) is 9.86. The minimum absolute atomic E-state index is 0.0680. The van der Waals surface area contributed by atoms with Crippen LogP contribution in [-0.2, 0) is 22.8 Å². The Morgan fingerprint density at radius 2 is 1.52 bits per heavy atom. The first-order valence-corrected chi connectivity index (χ1v) is 11.4. The Bertz CT molecular complexity index is 1040. The zero-order valence-electron chi connectivity index (χ0n) is 16.6. The molecule has 0 spiro atoms. The van der Waals surface area contributed by atoms with Crippen molar-refractivity contribution >= 4 is 22.4 Å². The zero-order chi connectivity index (χ0) is 22.1. The van der Waals surface area contributed by atoms with Gasteiger partial charge in [0.25, 0.3) is 0 Å². The molecular formula is C24H21ClF3NOS. The second-order valence-electron chi connectivity index (χ2n) is 7.73. The summed E-state index contributed by atoms with van der Waals surface area (Å²) >= 11 is 5.96. The highest BCUT2D eigenvalue weighted by molar-refractivity contribution is 7.85. The van der Waals surface area contributed by atoms with Gasteiger partial charge in [0, 0.05) is 29.6 Å². The van der Waals surface area contributed by atoms with E-state index in [0.29, 0.717) is 16.5 Å². The Hall–Kier alpha value is -2.15. The van der Waals surface area contributed by atoms with Crippen LogP contribution in [0.25, 0.3) is 0 Å². The third-order valence-electron chi connectivity index (χ3n) is 5.79. The minimum Gasteiger partial charge on any atom is -0.297 e. The molecule has 1 aliphatic heterocycles. The molecule has 0 radical (unpaired) electrons. The van der Waals surface area contributed by atoms with Crippen molar-refractivity contribution in [3.05, 3.63) is 101 Å². The van der Waals surface area contributed by atoms with Crippen molar-refractivity contribution in [2.24, 2.45) is 0 Å². The van der Waals surface area contributed by atoms with Crippen molar-refractivity contribution in [2.45, 2.75) is 28.3 Å². The zero-order valence-corrected chi connectivity index (χ0v) is 18.1. The Balaban J connectivity index is 1.81. The summed E-state index contributed by atoms with van der Waals surface area (Å²) in [6.45, 7) is 0.156. The Morgan fingerprint density at radius 3 is 2.10 bits per heavy atom. The second-order valence-corrected chi connectivity index (χ2v) is 9.80. The lowest BCUT2D eigenvalue weighted by molar-refractivity contribution is -0.185. The van der Waals surface area contributed by atoms with Gasteiger partial charge in [-0.05, 0) is 35.4 Å². The molecule has 7 heteroatoms. The average Bonchev–Trinajstić information content (AvgIpc) is 3.15. The van der Waals surface area contributed by atoms with E-state index in [2.05, 4.69) is 0 Å². The molecule has 0 aromatic heterocycles. The van der Waals surface area contributed by atoms with Crippen LogP contribution in [0.5, 0.6) is 0 Å². The lowest BCUT2D eigenvalue weighted by Crippen LogP contribution is -2.53. The lowest BCUT2D eigenvalue weighted by atomic mass is 9.78. The van der Waals surface area contributed by atoms with Gasteiger partial charge in [0.2, 0.25) is 0 Å². The molecule has 3 unspecified atom stereocenters. The predicted octanol–water partition coefficient (Wildman–Crippen LogP) is 5.83. The van der Waals surface area contributed by atoms with Gasteiger partial charge in [-0.1, -0.05) is 72.3 Å². The quantitative estimate of drug-likeness (QED) is 0.474. The summed E-state index contributed by atoms with van der Waals surface area (Å²) in [5.41, 5.74) is -1.26. The van der Waals surface area contributed by atoms with Crippen molar-refractivity contribution < 1.29 is 17.4 Å². The van der Waals surface area contributed by atoms with Crippen LogP contribution in [0, 0.1) is 0 Å². The van der Waals surface area contributed by atoms with Gasteiger partial charge in [0.05, 0.1) is 16.0 Å². The van der Waals surface area contributed by atoms with E-state index in [4.69, 9.17) is 11.6 Å². The Kier molecular flexibility index (Phi) is 6.24. The molecule has 1 aliphatic rings. The second kappa shape index (κ2) is 8.77. The molecule has 1 saturated heterocycles. The van der Waals surface area contributed by atoms with Crippen LogP contribution < -0.4 is 0 Å². The van der Waals surface area contributed by atoms with Crippen LogP contribution in [0.1, 0.15) is 11.1 Å². The lowest BCUT2D eigenvalue weighted by Gasteiger charge is -2.37. The van der Waals surface area contributed by atoms with E-state index < -0.39 is 27.6 Å². The molecule has 4 rings (SSSR count).